The van der Waals surface area contributed by atoms with E-state index in [1.165, 1.54) is 0 Å². The Labute approximate surface area is 124 Å². The Bertz CT molecular complexity index is 484. The summed E-state index contributed by atoms with van der Waals surface area (Å²) in [6.07, 6.45) is 1.50. The molecule has 6 heteroatoms. The van der Waals surface area contributed by atoms with Crippen molar-refractivity contribution in [3.8, 4) is 0 Å². The van der Waals surface area contributed by atoms with Crippen molar-refractivity contribution in [3.05, 3.63) is 35.9 Å². The number of nitrogens with two attached hydrogens (primary N) is 1. The van der Waals surface area contributed by atoms with Gasteiger partial charge in [0, 0.05) is 13.0 Å². The predicted molar refractivity (Wildman–Crippen MR) is 79.9 cm³/mol. The van der Waals surface area contributed by atoms with Crippen LogP contribution < -0.4 is 16.6 Å². The smallest absolute Gasteiger partial charge is 0.255 e. The lowest BCUT2D eigenvalue weighted by Gasteiger charge is -2.36. The fourth-order valence-electron chi connectivity index (χ4n) is 2.87. The lowest BCUT2D eigenvalue weighted by molar-refractivity contribution is -0.129. The fourth-order valence-corrected chi connectivity index (χ4v) is 2.87. The minimum atomic E-state index is -0.401. The molecule has 1 unspecified atom stereocenters. The summed E-state index contributed by atoms with van der Waals surface area (Å²) in [6.45, 7) is 1.40. The lowest BCUT2D eigenvalue weighted by Crippen LogP contribution is -2.47. The molecule has 1 aliphatic rings. The zero-order valence-electron chi connectivity index (χ0n) is 12.2. The molecule has 21 heavy (non-hydrogen) atoms. The molecular formula is C15H22N4O2. The van der Waals surface area contributed by atoms with Crippen LogP contribution in [0.15, 0.2) is 30.3 Å². The molecule has 114 valence electrons. The van der Waals surface area contributed by atoms with Gasteiger partial charge in [0.05, 0.1) is 0 Å². The number of likely N-dealkylation sites (tertiary alicyclic amines) is 1. The molecule has 1 aromatic carbocycles. The standard InChI is InChI=1S/C15H22N4O2/c1-17-14(20)12-7-9-19(10-8-12)13(15(21)18-16)11-5-3-2-4-6-11/h2-6,12-13H,7-10,16H2,1H3,(H,17,20)(H,18,21). The van der Waals surface area contributed by atoms with E-state index < -0.39 is 6.04 Å². The first-order chi connectivity index (χ1) is 10.2. The molecule has 2 rings (SSSR count). The molecule has 0 aromatic heterocycles. The highest BCUT2D eigenvalue weighted by molar-refractivity contribution is 5.82. The lowest BCUT2D eigenvalue weighted by atomic mass is 9.93. The predicted octanol–water partition coefficient (Wildman–Crippen LogP) is 0.176. The largest absolute Gasteiger partial charge is 0.359 e. The zero-order chi connectivity index (χ0) is 15.2. The summed E-state index contributed by atoms with van der Waals surface area (Å²) in [6, 6.07) is 9.17. The Balaban J connectivity index is 2.10. The SMILES string of the molecule is CNC(=O)C1CCN(C(C(=O)NN)c2ccccc2)CC1. The van der Waals surface area contributed by atoms with E-state index in [0.717, 1.165) is 18.4 Å². The van der Waals surface area contributed by atoms with Gasteiger partial charge in [0.1, 0.15) is 6.04 Å². The van der Waals surface area contributed by atoms with Crippen LogP contribution in [0.5, 0.6) is 0 Å². The molecule has 1 heterocycles. The second-order valence-electron chi connectivity index (χ2n) is 5.25. The fraction of sp³-hybridized carbons (Fsp3) is 0.467. The van der Waals surface area contributed by atoms with Gasteiger partial charge in [-0.05, 0) is 31.5 Å². The van der Waals surface area contributed by atoms with E-state index in [1.54, 1.807) is 7.05 Å². The Kier molecular flexibility index (Phi) is 5.30. The van der Waals surface area contributed by atoms with Crippen molar-refractivity contribution in [1.82, 2.24) is 15.6 Å². The molecule has 1 saturated heterocycles. The Hall–Kier alpha value is -1.92. The molecular weight excluding hydrogens is 268 g/mol. The molecule has 0 radical (unpaired) electrons. The van der Waals surface area contributed by atoms with Crippen molar-refractivity contribution in [2.75, 3.05) is 20.1 Å². The van der Waals surface area contributed by atoms with E-state index in [-0.39, 0.29) is 17.7 Å². The van der Waals surface area contributed by atoms with E-state index in [9.17, 15) is 9.59 Å². The van der Waals surface area contributed by atoms with Crippen LogP contribution in [0.3, 0.4) is 0 Å². The molecule has 6 nitrogen and oxygen atoms in total. The monoisotopic (exact) mass is 290 g/mol. The van der Waals surface area contributed by atoms with Crippen LogP contribution in [-0.2, 0) is 9.59 Å². The number of hydrogen-bond donors (Lipinski definition) is 3. The van der Waals surface area contributed by atoms with Crippen LogP contribution in [0.2, 0.25) is 0 Å². The number of piperidine rings is 1. The van der Waals surface area contributed by atoms with Crippen molar-refractivity contribution in [3.63, 3.8) is 0 Å². The molecule has 4 N–H and O–H groups in total. The topological polar surface area (TPSA) is 87.5 Å². The quantitative estimate of drug-likeness (QED) is 0.419. The average Bonchev–Trinajstić information content (AvgIpc) is 2.55. The van der Waals surface area contributed by atoms with Crippen molar-refractivity contribution < 1.29 is 9.59 Å². The number of benzene rings is 1. The van der Waals surface area contributed by atoms with Gasteiger partial charge in [0.15, 0.2) is 0 Å². The maximum absolute atomic E-state index is 12.1. The molecule has 1 aliphatic heterocycles. The van der Waals surface area contributed by atoms with Gasteiger partial charge in [-0.15, -0.1) is 0 Å². The number of nitrogens with zero attached hydrogens (tertiary/aromatic N) is 1. The van der Waals surface area contributed by atoms with Gasteiger partial charge in [-0.3, -0.25) is 19.9 Å². The third kappa shape index (κ3) is 3.59. The van der Waals surface area contributed by atoms with Crippen LogP contribution >= 0.6 is 0 Å². The molecule has 0 spiro atoms. The maximum atomic E-state index is 12.1. The number of carbonyl (C=O) groups is 2. The number of carbonyl (C=O) groups excluding carboxylic acids is 2. The highest BCUT2D eigenvalue weighted by Crippen LogP contribution is 2.27. The molecule has 0 aliphatic carbocycles. The second kappa shape index (κ2) is 7.19. The molecule has 1 fully saturated rings. The van der Waals surface area contributed by atoms with Crippen molar-refractivity contribution >= 4 is 11.8 Å². The number of amides is 2. The van der Waals surface area contributed by atoms with Crippen molar-refractivity contribution in [2.45, 2.75) is 18.9 Å². The summed E-state index contributed by atoms with van der Waals surface area (Å²) in [5.41, 5.74) is 3.16. The highest BCUT2D eigenvalue weighted by Gasteiger charge is 2.32. The molecule has 1 atom stereocenters. The number of hydrogen-bond acceptors (Lipinski definition) is 4. The summed E-state index contributed by atoms with van der Waals surface area (Å²) in [5.74, 6) is 5.21. The molecule has 1 aromatic rings. The highest BCUT2D eigenvalue weighted by atomic mass is 16.2. The van der Waals surface area contributed by atoms with E-state index >= 15 is 0 Å². The van der Waals surface area contributed by atoms with E-state index in [1.807, 2.05) is 30.3 Å². The van der Waals surface area contributed by atoms with Crippen molar-refractivity contribution in [2.24, 2.45) is 11.8 Å². The van der Waals surface area contributed by atoms with Crippen LogP contribution in [0.1, 0.15) is 24.4 Å². The molecule has 2 amide bonds. The second-order valence-corrected chi connectivity index (χ2v) is 5.25. The van der Waals surface area contributed by atoms with E-state index in [4.69, 9.17) is 5.84 Å². The molecule has 0 saturated carbocycles. The van der Waals surface area contributed by atoms with Crippen molar-refractivity contribution in [1.29, 1.82) is 0 Å². The third-order valence-corrected chi connectivity index (χ3v) is 4.02. The maximum Gasteiger partial charge on any atom is 0.255 e. The van der Waals surface area contributed by atoms with Crippen LogP contribution in [0.4, 0.5) is 0 Å². The van der Waals surface area contributed by atoms with Gasteiger partial charge < -0.3 is 5.32 Å². The third-order valence-electron chi connectivity index (χ3n) is 4.02. The van der Waals surface area contributed by atoms with Gasteiger partial charge in [-0.25, -0.2) is 5.84 Å². The van der Waals surface area contributed by atoms with E-state index in [2.05, 4.69) is 15.6 Å². The summed E-state index contributed by atoms with van der Waals surface area (Å²) < 4.78 is 0. The zero-order valence-corrected chi connectivity index (χ0v) is 12.2. The summed E-state index contributed by atoms with van der Waals surface area (Å²) in [7, 11) is 1.66. The van der Waals surface area contributed by atoms with Gasteiger partial charge in [0.2, 0.25) is 5.91 Å². The van der Waals surface area contributed by atoms with Gasteiger partial charge >= 0.3 is 0 Å². The molecule has 0 bridgehead atoms. The number of rotatable bonds is 4. The summed E-state index contributed by atoms with van der Waals surface area (Å²) in [4.78, 5) is 25.9. The Morgan fingerprint density at radius 2 is 1.86 bits per heavy atom. The summed E-state index contributed by atoms with van der Waals surface area (Å²) in [5, 5.41) is 2.69. The Morgan fingerprint density at radius 1 is 1.24 bits per heavy atom. The van der Waals surface area contributed by atoms with E-state index in [0.29, 0.717) is 13.1 Å². The number of hydrazine groups is 1. The normalized spacial score (nSPS) is 18.0. The average molecular weight is 290 g/mol. The van der Waals surface area contributed by atoms with Crippen LogP contribution in [0, 0.1) is 5.92 Å². The first kappa shape index (κ1) is 15.5. The minimum absolute atomic E-state index is 0.0311. The van der Waals surface area contributed by atoms with Crippen LogP contribution in [0.25, 0.3) is 0 Å². The van der Waals surface area contributed by atoms with Gasteiger partial charge in [0.25, 0.3) is 5.91 Å². The first-order valence-electron chi connectivity index (χ1n) is 7.18. The van der Waals surface area contributed by atoms with Crippen LogP contribution in [-0.4, -0.2) is 36.9 Å². The number of nitrogens with one attached hydrogen (secondary N) is 2. The van der Waals surface area contributed by atoms with Gasteiger partial charge in [-0.2, -0.15) is 0 Å². The Morgan fingerprint density at radius 3 is 2.38 bits per heavy atom. The summed E-state index contributed by atoms with van der Waals surface area (Å²) >= 11 is 0. The first-order valence-corrected chi connectivity index (χ1v) is 7.18. The minimum Gasteiger partial charge on any atom is -0.359 e. The van der Waals surface area contributed by atoms with Gasteiger partial charge in [-0.1, -0.05) is 30.3 Å².